The van der Waals surface area contributed by atoms with E-state index in [1.165, 1.54) is 33.1 Å². The van der Waals surface area contributed by atoms with Crippen LogP contribution < -0.4 is 0 Å². The van der Waals surface area contributed by atoms with Crippen molar-refractivity contribution in [2.75, 3.05) is 0 Å². The summed E-state index contributed by atoms with van der Waals surface area (Å²) in [6.45, 7) is 4.31. The fraction of sp³-hybridized carbons (Fsp3) is 0.167. The van der Waals surface area contributed by atoms with Crippen molar-refractivity contribution >= 4 is 21.8 Å². The van der Waals surface area contributed by atoms with Gasteiger partial charge in [0, 0.05) is 29.1 Å². The lowest BCUT2D eigenvalue weighted by Gasteiger charge is -2.15. The normalized spacial score (nSPS) is 11.8. The zero-order valence-electron chi connectivity index (χ0n) is 11.9. The molecule has 0 saturated heterocycles. The summed E-state index contributed by atoms with van der Waals surface area (Å²) in [7, 11) is 2.13. The monoisotopic (exact) mass is 260 g/mol. The molecule has 0 saturated carbocycles. The van der Waals surface area contributed by atoms with Gasteiger partial charge >= 0.3 is 0 Å². The molecule has 2 aliphatic heterocycles. The Morgan fingerprint density at radius 2 is 1.65 bits per heavy atom. The fourth-order valence-corrected chi connectivity index (χ4v) is 3.18. The Balaban J connectivity index is 2.36. The Labute approximate surface area is 118 Å². The van der Waals surface area contributed by atoms with Gasteiger partial charge < -0.3 is 4.57 Å². The van der Waals surface area contributed by atoms with Gasteiger partial charge in [0.15, 0.2) is 0 Å². The standard InChI is InChI=1S/C18H16N2/c1-11-7-6-9-14-16-12(2)20(3)15-10-5-4-8-13(15)18(16)19-17(11)14/h4-10H,1-3H3. The molecule has 0 aromatic heterocycles. The first kappa shape index (κ1) is 11.5. The molecule has 2 nitrogen and oxygen atoms in total. The van der Waals surface area contributed by atoms with E-state index in [0.29, 0.717) is 0 Å². The lowest BCUT2D eigenvalue weighted by Crippen LogP contribution is -2.02. The first-order valence-electron chi connectivity index (χ1n) is 6.91. The molecular weight excluding hydrogens is 244 g/mol. The minimum absolute atomic E-state index is 1.13. The fourth-order valence-electron chi connectivity index (χ4n) is 3.18. The van der Waals surface area contributed by atoms with Gasteiger partial charge in [-0.3, -0.25) is 0 Å². The van der Waals surface area contributed by atoms with E-state index in [9.17, 15) is 0 Å². The van der Waals surface area contributed by atoms with Gasteiger partial charge in [-0.15, -0.1) is 0 Å². The number of hydrogen-bond donors (Lipinski definition) is 0. The molecule has 0 bridgehead atoms. The molecule has 0 fully saturated rings. The molecule has 0 radical (unpaired) electrons. The van der Waals surface area contributed by atoms with Crippen molar-refractivity contribution in [1.29, 1.82) is 0 Å². The van der Waals surface area contributed by atoms with Crippen LogP contribution in [0.4, 0.5) is 0 Å². The molecule has 0 amide bonds. The molecule has 0 N–H and O–H groups in total. The van der Waals surface area contributed by atoms with Crippen LogP contribution in [-0.4, -0.2) is 9.55 Å². The predicted molar refractivity (Wildman–Crippen MR) is 84.3 cm³/mol. The Kier molecular flexibility index (Phi) is 2.19. The maximum absolute atomic E-state index is 4.93. The van der Waals surface area contributed by atoms with Crippen molar-refractivity contribution in [2.24, 2.45) is 7.05 Å². The summed E-state index contributed by atoms with van der Waals surface area (Å²) < 4.78 is 2.26. The summed E-state index contributed by atoms with van der Waals surface area (Å²) in [5, 5.41) is 2.49. The molecule has 2 aromatic carbocycles. The van der Waals surface area contributed by atoms with Crippen LogP contribution in [0.5, 0.6) is 0 Å². The molecule has 2 aromatic rings. The van der Waals surface area contributed by atoms with Crippen LogP contribution in [-0.2, 0) is 7.05 Å². The van der Waals surface area contributed by atoms with E-state index in [4.69, 9.17) is 4.98 Å². The SMILES string of the molecule is Cc1cccc2c3c(C)n(C)c4ccccc4c-3nc12. The Morgan fingerprint density at radius 1 is 0.900 bits per heavy atom. The minimum Gasteiger partial charge on any atom is -0.347 e. The van der Waals surface area contributed by atoms with E-state index >= 15 is 0 Å². The largest absolute Gasteiger partial charge is 0.347 e. The molecule has 0 atom stereocenters. The summed E-state index contributed by atoms with van der Waals surface area (Å²) >= 11 is 0. The van der Waals surface area contributed by atoms with Gasteiger partial charge in [0.05, 0.1) is 16.7 Å². The molecule has 2 heteroatoms. The highest BCUT2D eigenvalue weighted by Gasteiger charge is 2.20. The molecule has 4 rings (SSSR count). The number of benzene rings is 2. The van der Waals surface area contributed by atoms with Gasteiger partial charge in [-0.05, 0) is 25.5 Å². The van der Waals surface area contributed by atoms with Crippen molar-refractivity contribution < 1.29 is 0 Å². The van der Waals surface area contributed by atoms with Crippen molar-refractivity contribution in [3.63, 3.8) is 0 Å². The van der Waals surface area contributed by atoms with Gasteiger partial charge in [0.25, 0.3) is 0 Å². The van der Waals surface area contributed by atoms with Crippen molar-refractivity contribution in [1.82, 2.24) is 9.55 Å². The lowest BCUT2D eigenvalue weighted by molar-refractivity contribution is 0.904. The lowest BCUT2D eigenvalue weighted by atomic mass is 10.0. The summed E-state index contributed by atoms with van der Waals surface area (Å²) in [6.07, 6.45) is 0. The highest BCUT2D eigenvalue weighted by molar-refractivity contribution is 6.08. The number of pyridine rings is 1. The smallest absolute Gasteiger partial charge is 0.0827 e. The van der Waals surface area contributed by atoms with E-state index in [2.05, 4.69) is 67.9 Å². The van der Waals surface area contributed by atoms with Gasteiger partial charge in [-0.25, -0.2) is 4.98 Å². The number of fused-ring (bicyclic) bond motifs is 5. The second kappa shape index (κ2) is 3.83. The van der Waals surface area contributed by atoms with Crippen molar-refractivity contribution in [3.05, 3.63) is 53.7 Å². The van der Waals surface area contributed by atoms with Crippen LogP contribution >= 0.6 is 0 Å². The average Bonchev–Trinajstić information content (AvgIpc) is 2.86. The quantitative estimate of drug-likeness (QED) is 0.457. The van der Waals surface area contributed by atoms with Crippen molar-refractivity contribution in [2.45, 2.75) is 13.8 Å². The van der Waals surface area contributed by atoms with Gasteiger partial charge in [0.1, 0.15) is 0 Å². The zero-order chi connectivity index (χ0) is 13.9. The summed E-state index contributed by atoms with van der Waals surface area (Å²) in [5.41, 5.74) is 7.28. The van der Waals surface area contributed by atoms with Gasteiger partial charge in [-0.2, -0.15) is 0 Å². The van der Waals surface area contributed by atoms with Gasteiger partial charge in [0.2, 0.25) is 0 Å². The first-order valence-corrected chi connectivity index (χ1v) is 6.91. The Hall–Kier alpha value is -2.35. The molecule has 2 aliphatic rings. The number of aromatic nitrogens is 2. The molecular formula is C18H16N2. The van der Waals surface area contributed by atoms with Crippen LogP contribution in [0, 0.1) is 13.8 Å². The Bertz CT molecular complexity index is 931. The van der Waals surface area contributed by atoms with E-state index in [-0.39, 0.29) is 0 Å². The average molecular weight is 260 g/mol. The number of nitrogens with zero attached hydrogens (tertiary/aromatic N) is 2. The van der Waals surface area contributed by atoms with Crippen LogP contribution in [0.15, 0.2) is 42.5 Å². The van der Waals surface area contributed by atoms with Crippen LogP contribution in [0.3, 0.4) is 0 Å². The van der Waals surface area contributed by atoms with Crippen LogP contribution in [0.2, 0.25) is 0 Å². The third kappa shape index (κ3) is 1.31. The minimum atomic E-state index is 1.13. The van der Waals surface area contributed by atoms with Gasteiger partial charge in [-0.1, -0.05) is 36.4 Å². The van der Waals surface area contributed by atoms with Crippen molar-refractivity contribution in [3.8, 4) is 11.3 Å². The van der Waals surface area contributed by atoms with E-state index in [0.717, 1.165) is 11.2 Å². The number of para-hydroxylation sites is 2. The number of rotatable bonds is 0. The molecule has 0 spiro atoms. The summed E-state index contributed by atoms with van der Waals surface area (Å²) in [4.78, 5) is 4.93. The molecule has 20 heavy (non-hydrogen) atoms. The second-order valence-electron chi connectivity index (χ2n) is 5.47. The van der Waals surface area contributed by atoms with E-state index in [1.54, 1.807) is 0 Å². The summed E-state index contributed by atoms with van der Waals surface area (Å²) in [5.74, 6) is 0. The summed E-state index contributed by atoms with van der Waals surface area (Å²) in [6, 6.07) is 14.9. The second-order valence-corrected chi connectivity index (χ2v) is 5.47. The number of hydrogen-bond acceptors (Lipinski definition) is 1. The molecule has 2 heterocycles. The highest BCUT2D eigenvalue weighted by atomic mass is 14.9. The number of aryl methyl sites for hydroxylation is 2. The van der Waals surface area contributed by atoms with Crippen LogP contribution in [0.25, 0.3) is 33.1 Å². The Morgan fingerprint density at radius 3 is 2.50 bits per heavy atom. The first-order chi connectivity index (χ1) is 9.68. The predicted octanol–water partition coefficient (Wildman–Crippen LogP) is 4.45. The maximum Gasteiger partial charge on any atom is 0.0827 e. The highest BCUT2D eigenvalue weighted by Crippen LogP contribution is 2.39. The maximum atomic E-state index is 4.93. The molecule has 0 aliphatic carbocycles. The molecule has 0 unspecified atom stereocenters. The molecule has 98 valence electrons. The topological polar surface area (TPSA) is 17.8 Å². The third-order valence-corrected chi connectivity index (χ3v) is 4.35. The zero-order valence-corrected chi connectivity index (χ0v) is 11.9. The van der Waals surface area contributed by atoms with Crippen LogP contribution in [0.1, 0.15) is 11.3 Å². The van der Waals surface area contributed by atoms with E-state index < -0.39 is 0 Å². The third-order valence-electron chi connectivity index (χ3n) is 4.35. The van der Waals surface area contributed by atoms with E-state index in [1.807, 2.05) is 0 Å².